The van der Waals surface area contributed by atoms with Crippen molar-refractivity contribution in [3.8, 4) is 0 Å². The third-order valence-electron chi connectivity index (χ3n) is 5.09. The van der Waals surface area contributed by atoms with E-state index in [-0.39, 0.29) is 5.91 Å². The fourth-order valence-corrected chi connectivity index (χ4v) is 3.67. The van der Waals surface area contributed by atoms with Crippen LogP contribution in [0.2, 0.25) is 0 Å². The van der Waals surface area contributed by atoms with Crippen LogP contribution in [-0.2, 0) is 12.8 Å². The molecule has 7 heteroatoms. The van der Waals surface area contributed by atoms with Crippen molar-refractivity contribution in [2.45, 2.75) is 51.5 Å². The molecule has 0 aromatic carbocycles. The Labute approximate surface area is 146 Å². The Morgan fingerprint density at radius 2 is 2.04 bits per heavy atom. The van der Waals surface area contributed by atoms with Gasteiger partial charge in [0.05, 0.1) is 0 Å². The Bertz CT molecular complexity index is 765. The van der Waals surface area contributed by atoms with Gasteiger partial charge in [0.2, 0.25) is 0 Å². The molecule has 1 aliphatic carbocycles. The van der Waals surface area contributed by atoms with E-state index in [0.29, 0.717) is 11.7 Å². The van der Waals surface area contributed by atoms with Crippen molar-refractivity contribution in [1.29, 1.82) is 0 Å². The van der Waals surface area contributed by atoms with Crippen LogP contribution in [0.5, 0.6) is 0 Å². The van der Waals surface area contributed by atoms with Crippen LogP contribution in [0, 0.1) is 6.92 Å². The number of fused-ring (bicyclic) bond motifs is 1. The lowest BCUT2D eigenvalue weighted by molar-refractivity contribution is 0.0707. The van der Waals surface area contributed by atoms with E-state index in [1.165, 1.54) is 0 Å². The van der Waals surface area contributed by atoms with Crippen molar-refractivity contribution < 1.29 is 9.32 Å². The summed E-state index contributed by atoms with van der Waals surface area (Å²) in [5.41, 5.74) is 2.52. The van der Waals surface area contributed by atoms with Gasteiger partial charge in [0.25, 0.3) is 5.91 Å². The van der Waals surface area contributed by atoms with Gasteiger partial charge in [-0.2, -0.15) is 0 Å². The minimum atomic E-state index is 0.0169. The number of aromatic nitrogens is 3. The van der Waals surface area contributed by atoms with Crippen molar-refractivity contribution in [1.82, 2.24) is 20.0 Å². The van der Waals surface area contributed by atoms with Crippen LogP contribution in [0.15, 0.2) is 16.9 Å². The molecule has 132 valence electrons. The van der Waals surface area contributed by atoms with Gasteiger partial charge in [-0.15, -0.1) is 0 Å². The zero-order valence-corrected chi connectivity index (χ0v) is 14.5. The topological polar surface area (TPSA) is 84.2 Å². The zero-order chi connectivity index (χ0) is 17.2. The minimum absolute atomic E-state index is 0.0169. The molecule has 2 aromatic rings. The number of nitrogens with zero attached hydrogens (tertiary/aromatic N) is 4. The number of carbonyl (C=O) groups excluding carboxylic acids is 1. The Kier molecular flexibility index (Phi) is 4.38. The molecule has 7 nitrogen and oxygen atoms in total. The van der Waals surface area contributed by atoms with Crippen LogP contribution in [-0.4, -0.2) is 45.1 Å². The summed E-state index contributed by atoms with van der Waals surface area (Å²) in [7, 11) is 0. The first kappa shape index (κ1) is 16.1. The number of amides is 1. The van der Waals surface area contributed by atoms with E-state index >= 15 is 0 Å². The molecule has 0 atom stereocenters. The molecule has 1 amide bonds. The Hall–Kier alpha value is -2.44. The molecule has 3 heterocycles. The van der Waals surface area contributed by atoms with E-state index in [1.807, 2.05) is 17.9 Å². The molecule has 0 radical (unpaired) electrons. The molecule has 1 saturated heterocycles. The van der Waals surface area contributed by atoms with Crippen LogP contribution in [0.4, 0.5) is 5.82 Å². The highest BCUT2D eigenvalue weighted by atomic mass is 16.5. The summed E-state index contributed by atoms with van der Waals surface area (Å²) < 4.78 is 5.39. The average Bonchev–Trinajstić information content (AvgIpc) is 3.06. The lowest BCUT2D eigenvalue weighted by atomic mass is 9.95. The molecule has 0 saturated carbocycles. The third-order valence-corrected chi connectivity index (χ3v) is 5.09. The van der Waals surface area contributed by atoms with Crippen LogP contribution in [0.3, 0.4) is 0 Å². The van der Waals surface area contributed by atoms with Crippen molar-refractivity contribution in [3.63, 3.8) is 0 Å². The van der Waals surface area contributed by atoms with Gasteiger partial charge in [-0.3, -0.25) is 4.79 Å². The molecule has 4 rings (SSSR count). The molecule has 0 unspecified atom stereocenters. The van der Waals surface area contributed by atoms with Gasteiger partial charge in [-0.05, 0) is 39.0 Å². The Balaban J connectivity index is 1.37. The quantitative estimate of drug-likeness (QED) is 0.923. The van der Waals surface area contributed by atoms with Crippen LogP contribution in [0.25, 0.3) is 0 Å². The minimum Gasteiger partial charge on any atom is -0.367 e. The average molecular weight is 341 g/mol. The molecule has 0 spiro atoms. The number of anilines is 1. The number of nitrogens with one attached hydrogen (secondary N) is 1. The Morgan fingerprint density at radius 1 is 1.24 bits per heavy atom. The van der Waals surface area contributed by atoms with E-state index in [0.717, 1.165) is 74.4 Å². The molecule has 2 aliphatic rings. The second-order valence-corrected chi connectivity index (χ2v) is 6.90. The summed E-state index contributed by atoms with van der Waals surface area (Å²) in [6, 6.07) is 2.27. The molecule has 2 aromatic heterocycles. The lowest BCUT2D eigenvalue weighted by Gasteiger charge is -2.32. The highest BCUT2D eigenvalue weighted by molar-refractivity contribution is 5.94. The largest absolute Gasteiger partial charge is 0.367 e. The molecular formula is C18H23N5O2. The monoisotopic (exact) mass is 341 g/mol. The predicted octanol–water partition coefficient (Wildman–Crippen LogP) is 2.37. The van der Waals surface area contributed by atoms with Crippen molar-refractivity contribution in [2.75, 3.05) is 18.4 Å². The van der Waals surface area contributed by atoms with E-state index in [4.69, 9.17) is 4.52 Å². The van der Waals surface area contributed by atoms with Crippen molar-refractivity contribution >= 4 is 11.7 Å². The maximum atomic E-state index is 12.8. The van der Waals surface area contributed by atoms with Crippen molar-refractivity contribution in [2.24, 2.45) is 0 Å². The summed E-state index contributed by atoms with van der Waals surface area (Å²) >= 11 is 0. The summed E-state index contributed by atoms with van der Waals surface area (Å²) in [6.07, 6.45) is 7.41. The first-order chi connectivity index (χ1) is 12.2. The maximum Gasteiger partial charge on any atom is 0.276 e. The van der Waals surface area contributed by atoms with Crippen LogP contribution < -0.4 is 5.32 Å². The van der Waals surface area contributed by atoms with E-state index in [9.17, 15) is 4.79 Å². The van der Waals surface area contributed by atoms with Crippen molar-refractivity contribution in [3.05, 3.63) is 35.1 Å². The highest BCUT2D eigenvalue weighted by Gasteiger charge is 2.30. The molecule has 1 N–H and O–H groups in total. The first-order valence-corrected chi connectivity index (χ1v) is 9.02. The second-order valence-electron chi connectivity index (χ2n) is 6.90. The number of rotatable bonds is 3. The number of aryl methyl sites for hydroxylation is 2. The first-order valence-electron chi connectivity index (χ1n) is 9.02. The van der Waals surface area contributed by atoms with Gasteiger partial charge in [0.15, 0.2) is 5.69 Å². The van der Waals surface area contributed by atoms with Gasteiger partial charge < -0.3 is 14.7 Å². The number of carbonyl (C=O) groups is 1. The number of piperidine rings is 1. The van der Waals surface area contributed by atoms with Gasteiger partial charge in [-0.25, -0.2) is 9.97 Å². The van der Waals surface area contributed by atoms with E-state index < -0.39 is 0 Å². The fourth-order valence-electron chi connectivity index (χ4n) is 3.67. The summed E-state index contributed by atoms with van der Waals surface area (Å²) in [6.45, 7) is 3.40. The maximum absolute atomic E-state index is 12.8. The summed E-state index contributed by atoms with van der Waals surface area (Å²) in [4.78, 5) is 23.1. The predicted molar refractivity (Wildman–Crippen MR) is 92.5 cm³/mol. The zero-order valence-electron chi connectivity index (χ0n) is 14.5. The normalized spacial score (nSPS) is 18.0. The number of likely N-dealkylation sites (tertiary alicyclic amines) is 1. The molecule has 1 aliphatic heterocycles. The van der Waals surface area contributed by atoms with E-state index in [1.54, 1.807) is 6.33 Å². The van der Waals surface area contributed by atoms with Gasteiger partial charge in [-0.1, -0.05) is 5.16 Å². The van der Waals surface area contributed by atoms with Crippen LogP contribution >= 0.6 is 0 Å². The standard InChI is InChI=1S/C18H23N5O2/c1-12-10-16(20-11-19-12)21-13-6-8-23(9-7-13)18(24)17-14-4-2-3-5-15(14)25-22-17/h10-11,13H,2-9H2,1H3,(H,19,20,21). The molecule has 0 bridgehead atoms. The van der Waals surface area contributed by atoms with E-state index in [2.05, 4.69) is 20.4 Å². The van der Waals surface area contributed by atoms with Crippen LogP contribution in [0.1, 0.15) is 53.2 Å². The molecule has 25 heavy (non-hydrogen) atoms. The molecular weight excluding hydrogens is 318 g/mol. The van der Waals surface area contributed by atoms with Gasteiger partial charge in [0.1, 0.15) is 17.9 Å². The SMILES string of the molecule is Cc1cc(NC2CCN(C(=O)c3noc4c3CCCC4)CC2)ncn1. The van der Waals surface area contributed by atoms with Gasteiger partial charge in [0, 0.05) is 42.9 Å². The smallest absolute Gasteiger partial charge is 0.276 e. The highest BCUT2D eigenvalue weighted by Crippen LogP contribution is 2.26. The Morgan fingerprint density at radius 3 is 2.84 bits per heavy atom. The second kappa shape index (κ2) is 6.82. The fraction of sp³-hybridized carbons (Fsp3) is 0.556. The van der Waals surface area contributed by atoms with Gasteiger partial charge >= 0.3 is 0 Å². The lowest BCUT2D eigenvalue weighted by Crippen LogP contribution is -2.42. The number of hydrogen-bond donors (Lipinski definition) is 1. The molecule has 1 fully saturated rings. The number of hydrogen-bond acceptors (Lipinski definition) is 6. The summed E-state index contributed by atoms with van der Waals surface area (Å²) in [5.74, 6) is 1.77. The third kappa shape index (κ3) is 3.36. The summed E-state index contributed by atoms with van der Waals surface area (Å²) in [5, 5.41) is 7.51.